The highest BCUT2D eigenvalue weighted by molar-refractivity contribution is 8.77. The molecule has 0 spiro atoms. The van der Waals surface area contributed by atoms with E-state index in [1.807, 2.05) is 24.6 Å². The Morgan fingerprint density at radius 1 is 1.29 bits per heavy atom. The van der Waals surface area contributed by atoms with Gasteiger partial charge in [0.2, 0.25) is 0 Å². The molecule has 0 saturated heterocycles. The van der Waals surface area contributed by atoms with Gasteiger partial charge in [0.1, 0.15) is 6.61 Å². The molecule has 0 aromatic carbocycles. The average Bonchev–Trinajstić information content (AvgIpc) is 2.22. The second kappa shape index (κ2) is 7.41. The van der Waals surface area contributed by atoms with Crippen LogP contribution in [0.2, 0.25) is 0 Å². The molecule has 0 N–H and O–H groups in total. The van der Waals surface area contributed by atoms with E-state index in [0.29, 0.717) is 11.9 Å². The summed E-state index contributed by atoms with van der Waals surface area (Å²) < 4.78 is 5.26. The molecule has 0 saturated carbocycles. The first-order chi connectivity index (χ1) is 7.65. The largest absolute Gasteiger partial charge is 0.448 e. The predicted molar refractivity (Wildman–Crippen MR) is 78.6 cm³/mol. The maximum Gasteiger partial charge on any atom is 0.409 e. The van der Waals surface area contributed by atoms with Gasteiger partial charge in [-0.1, -0.05) is 35.4 Å². The molecular weight excluding hydrogens is 254 g/mol. The summed E-state index contributed by atoms with van der Waals surface area (Å²) >= 11 is 0. The van der Waals surface area contributed by atoms with Gasteiger partial charge in [0.25, 0.3) is 0 Å². The van der Waals surface area contributed by atoms with Gasteiger partial charge in [-0.05, 0) is 27.7 Å². The first-order valence-electron chi connectivity index (χ1n) is 5.90. The van der Waals surface area contributed by atoms with Crippen LogP contribution in [0.25, 0.3) is 0 Å². The summed E-state index contributed by atoms with van der Waals surface area (Å²) in [5, 5.41) is 0.577. The van der Waals surface area contributed by atoms with E-state index in [1.54, 1.807) is 22.7 Å². The zero-order valence-electron chi connectivity index (χ0n) is 11.9. The number of hydrogen-bond donors (Lipinski definition) is 0. The Balaban J connectivity index is 4.04. The summed E-state index contributed by atoms with van der Waals surface area (Å²) in [7, 11) is 5.35. The third-order valence-electron chi connectivity index (χ3n) is 2.07. The van der Waals surface area contributed by atoms with E-state index in [0.717, 1.165) is 0 Å². The van der Waals surface area contributed by atoms with Gasteiger partial charge in [0.15, 0.2) is 0 Å². The molecule has 0 fully saturated rings. The monoisotopic (exact) mass is 279 g/mol. The Kier molecular flexibility index (Phi) is 7.40. The minimum Gasteiger partial charge on any atom is -0.448 e. The molecule has 0 aliphatic carbocycles. The zero-order valence-corrected chi connectivity index (χ0v) is 13.6. The van der Waals surface area contributed by atoms with Gasteiger partial charge in [-0.15, -0.1) is 0 Å². The number of carbonyl (C=O) groups is 1. The SMILES string of the molecule is CC(C)SSC(C)(C)COC(=O)N(C)C(C)C. The fourth-order valence-electron chi connectivity index (χ4n) is 0.799. The second-order valence-corrected chi connectivity index (χ2v) is 8.73. The molecule has 5 heteroatoms. The van der Waals surface area contributed by atoms with Crippen molar-refractivity contribution in [2.75, 3.05) is 13.7 Å². The van der Waals surface area contributed by atoms with E-state index in [4.69, 9.17) is 4.74 Å². The standard InChI is InChI=1S/C12H25NO2S2/c1-9(2)13(7)11(14)15-8-12(5,6)17-16-10(3)4/h9-10H,8H2,1-7H3. The van der Waals surface area contributed by atoms with Crippen LogP contribution >= 0.6 is 21.6 Å². The van der Waals surface area contributed by atoms with Gasteiger partial charge >= 0.3 is 6.09 Å². The summed E-state index contributed by atoms with van der Waals surface area (Å²) in [5.41, 5.74) is 0. The molecule has 0 rings (SSSR count). The second-order valence-electron chi connectivity index (χ2n) is 5.25. The summed E-state index contributed by atoms with van der Waals surface area (Å²) in [4.78, 5) is 13.3. The summed E-state index contributed by atoms with van der Waals surface area (Å²) in [6.45, 7) is 12.9. The maximum absolute atomic E-state index is 11.7. The molecule has 102 valence electrons. The van der Waals surface area contributed by atoms with Crippen molar-refractivity contribution in [1.29, 1.82) is 0 Å². The van der Waals surface area contributed by atoms with Crippen LogP contribution in [-0.2, 0) is 4.74 Å². The Morgan fingerprint density at radius 3 is 2.24 bits per heavy atom. The van der Waals surface area contributed by atoms with E-state index in [9.17, 15) is 4.79 Å². The molecule has 0 atom stereocenters. The normalized spacial score (nSPS) is 12.1. The lowest BCUT2D eigenvalue weighted by Gasteiger charge is -2.26. The van der Waals surface area contributed by atoms with E-state index >= 15 is 0 Å². The summed E-state index contributed by atoms with van der Waals surface area (Å²) in [5.74, 6) is 0. The first-order valence-corrected chi connectivity index (χ1v) is 8.11. The maximum atomic E-state index is 11.7. The van der Waals surface area contributed by atoms with Gasteiger partial charge in [-0.25, -0.2) is 4.79 Å². The predicted octanol–water partition coefficient (Wildman–Crippen LogP) is 4.03. The van der Waals surface area contributed by atoms with Crippen molar-refractivity contribution in [3.63, 3.8) is 0 Å². The molecule has 0 aliphatic heterocycles. The Morgan fingerprint density at radius 2 is 1.82 bits per heavy atom. The molecule has 17 heavy (non-hydrogen) atoms. The van der Waals surface area contributed by atoms with Crippen LogP contribution in [-0.4, -0.2) is 40.7 Å². The fraction of sp³-hybridized carbons (Fsp3) is 0.917. The van der Waals surface area contributed by atoms with Gasteiger partial charge in [0.05, 0.1) is 4.75 Å². The number of hydrogen-bond acceptors (Lipinski definition) is 4. The van der Waals surface area contributed by atoms with Crippen LogP contribution in [0.3, 0.4) is 0 Å². The van der Waals surface area contributed by atoms with Crippen molar-refractivity contribution < 1.29 is 9.53 Å². The number of carbonyl (C=O) groups excluding carboxylic acids is 1. The van der Waals surface area contributed by atoms with Crippen LogP contribution in [0.5, 0.6) is 0 Å². The lowest BCUT2D eigenvalue weighted by molar-refractivity contribution is 0.0961. The third-order valence-corrected chi connectivity index (χ3v) is 5.92. The Bertz CT molecular complexity index is 243. The van der Waals surface area contributed by atoms with E-state index in [1.165, 1.54) is 0 Å². The summed E-state index contributed by atoms with van der Waals surface area (Å²) in [6, 6.07) is 0.170. The number of amides is 1. The lowest BCUT2D eigenvalue weighted by Crippen LogP contribution is -2.36. The van der Waals surface area contributed by atoms with Crippen LogP contribution in [0.4, 0.5) is 4.79 Å². The topological polar surface area (TPSA) is 29.5 Å². The van der Waals surface area contributed by atoms with E-state index in [-0.39, 0.29) is 16.9 Å². The van der Waals surface area contributed by atoms with Gasteiger partial charge in [-0.2, -0.15) is 0 Å². The molecule has 3 nitrogen and oxygen atoms in total. The van der Waals surface area contributed by atoms with Crippen molar-refractivity contribution in [2.24, 2.45) is 0 Å². The van der Waals surface area contributed by atoms with Crippen LogP contribution < -0.4 is 0 Å². The Hall–Kier alpha value is -0.0300. The average molecular weight is 279 g/mol. The molecular formula is C12H25NO2S2. The molecule has 0 aliphatic rings. The van der Waals surface area contributed by atoms with Crippen LogP contribution in [0.15, 0.2) is 0 Å². The highest BCUT2D eigenvalue weighted by atomic mass is 33.1. The van der Waals surface area contributed by atoms with Crippen molar-refractivity contribution >= 4 is 27.7 Å². The van der Waals surface area contributed by atoms with Crippen molar-refractivity contribution in [3.05, 3.63) is 0 Å². The number of ether oxygens (including phenoxy) is 1. The van der Waals surface area contributed by atoms with Gasteiger partial charge < -0.3 is 9.64 Å². The highest BCUT2D eigenvalue weighted by Gasteiger charge is 2.23. The smallest absolute Gasteiger partial charge is 0.409 e. The van der Waals surface area contributed by atoms with Gasteiger partial charge in [-0.3, -0.25) is 0 Å². The number of nitrogens with zero attached hydrogens (tertiary/aromatic N) is 1. The third kappa shape index (κ3) is 7.82. The van der Waals surface area contributed by atoms with Crippen molar-refractivity contribution in [1.82, 2.24) is 4.90 Å². The van der Waals surface area contributed by atoms with Crippen molar-refractivity contribution in [2.45, 2.75) is 57.6 Å². The summed E-state index contributed by atoms with van der Waals surface area (Å²) in [6.07, 6.45) is -0.247. The minimum absolute atomic E-state index is 0.0532. The van der Waals surface area contributed by atoms with E-state index in [2.05, 4.69) is 27.7 Å². The zero-order chi connectivity index (χ0) is 13.6. The molecule has 0 radical (unpaired) electrons. The quantitative estimate of drug-likeness (QED) is 0.687. The Labute approximate surface area is 113 Å². The van der Waals surface area contributed by atoms with Crippen LogP contribution in [0, 0.1) is 0 Å². The molecule has 0 heterocycles. The van der Waals surface area contributed by atoms with Crippen LogP contribution in [0.1, 0.15) is 41.5 Å². The highest BCUT2D eigenvalue weighted by Crippen LogP contribution is 2.38. The fourth-order valence-corrected chi connectivity index (χ4v) is 2.86. The first kappa shape index (κ1) is 17.0. The van der Waals surface area contributed by atoms with Crippen molar-refractivity contribution in [3.8, 4) is 0 Å². The molecule has 0 bridgehead atoms. The van der Waals surface area contributed by atoms with Gasteiger partial charge in [0, 0.05) is 18.3 Å². The molecule has 0 aromatic heterocycles. The molecule has 1 amide bonds. The minimum atomic E-state index is -0.247. The number of rotatable bonds is 6. The molecule has 0 unspecified atom stereocenters. The van der Waals surface area contributed by atoms with E-state index < -0.39 is 0 Å². The lowest BCUT2D eigenvalue weighted by atomic mass is 10.2. The molecule has 0 aromatic rings.